The molecule has 3 aromatic carbocycles. The molecule has 1 atom stereocenters. The summed E-state index contributed by atoms with van der Waals surface area (Å²) < 4.78 is 16.6. The van der Waals surface area contributed by atoms with Crippen LogP contribution in [-0.4, -0.2) is 37.1 Å². The van der Waals surface area contributed by atoms with Gasteiger partial charge >= 0.3 is 0 Å². The van der Waals surface area contributed by atoms with Gasteiger partial charge in [0.25, 0.3) is 11.7 Å². The van der Waals surface area contributed by atoms with E-state index in [2.05, 4.69) is 0 Å². The lowest BCUT2D eigenvalue weighted by molar-refractivity contribution is -0.132. The van der Waals surface area contributed by atoms with Crippen molar-refractivity contribution in [1.29, 1.82) is 0 Å². The molecule has 4 rings (SSSR count). The number of benzene rings is 3. The lowest BCUT2D eigenvalue weighted by atomic mass is 9.94. The number of hydrogen-bond acceptors (Lipinski definition) is 6. The molecule has 1 amide bonds. The molecule has 1 N–H and O–H groups in total. The Morgan fingerprint density at radius 2 is 1.65 bits per heavy atom. The fourth-order valence-electron chi connectivity index (χ4n) is 4.46. The number of amides is 1. The Kier molecular flexibility index (Phi) is 7.25. The maximum Gasteiger partial charge on any atom is 0.300 e. The van der Waals surface area contributed by atoms with Crippen LogP contribution >= 0.6 is 0 Å². The Balaban J connectivity index is 1.97. The predicted molar refractivity (Wildman–Crippen MR) is 142 cm³/mol. The molecule has 1 saturated heterocycles. The Morgan fingerprint density at radius 1 is 0.892 bits per heavy atom. The van der Waals surface area contributed by atoms with Gasteiger partial charge in [0.15, 0.2) is 0 Å². The molecule has 7 heteroatoms. The highest BCUT2D eigenvalue weighted by molar-refractivity contribution is 6.51. The number of aliphatic hydroxyl groups excluding tert-OH is 1. The van der Waals surface area contributed by atoms with Gasteiger partial charge in [-0.15, -0.1) is 0 Å². The minimum atomic E-state index is -0.885. The van der Waals surface area contributed by atoms with Crippen molar-refractivity contribution < 1.29 is 28.9 Å². The van der Waals surface area contributed by atoms with Gasteiger partial charge in [0.05, 0.1) is 37.5 Å². The highest BCUT2D eigenvalue weighted by atomic mass is 16.5. The highest BCUT2D eigenvalue weighted by Gasteiger charge is 2.47. The molecule has 0 aliphatic carbocycles. The standard InChI is InChI=1S/C30H31NO6/c1-17(2)37-23-9-7-8-20(15-23)27-26(28(32)24-13-12-22(35-5)16-25(24)36-6)29(33)30(34)31(27)21-11-10-18(3)19(4)14-21/h7-17,27,32H,1-6H3/b28-26+. The minimum absolute atomic E-state index is 0.0339. The van der Waals surface area contributed by atoms with E-state index in [1.807, 2.05) is 64.1 Å². The normalized spacial score (nSPS) is 16.8. The van der Waals surface area contributed by atoms with Crippen LogP contribution in [0.2, 0.25) is 0 Å². The molecule has 7 nitrogen and oxygen atoms in total. The maximum absolute atomic E-state index is 13.5. The molecule has 0 spiro atoms. The molecule has 37 heavy (non-hydrogen) atoms. The number of ether oxygens (including phenoxy) is 3. The summed E-state index contributed by atoms with van der Waals surface area (Å²) >= 11 is 0. The van der Waals surface area contributed by atoms with Crippen LogP contribution < -0.4 is 19.1 Å². The second kappa shape index (κ2) is 10.4. The maximum atomic E-state index is 13.5. The van der Waals surface area contributed by atoms with Gasteiger partial charge in [-0.2, -0.15) is 0 Å². The van der Waals surface area contributed by atoms with Crippen molar-refractivity contribution in [3.05, 3.63) is 88.5 Å². The average molecular weight is 502 g/mol. The van der Waals surface area contributed by atoms with Crippen LogP contribution in [-0.2, 0) is 9.59 Å². The van der Waals surface area contributed by atoms with E-state index in [0.29, 0.717) is 28.5 Å². The molecule has 1 aliphatic heterocycles. The van der Waals surface area contributed by atoms with Gasteiger partial charge in [-0.05, 0) is 80.8 Å². The Hall–Kier alpha value is -4.26. The van der Waals surface area contributed by atoms with E-state index >= 15 is 0 Å². The van der Waals surface area contributed by atoms with Crippen molar-refractivity contribution >= 4 is 23.1 Å². The SMILES string of the molecule is COc1ccc(/C(O)=C2\C(=O)C(=O)N(c3ccc(C)c(C)c3)C2c2cccc(OC(C)C)c2)c(OC)c1. The summed E-state index contributed by atoms with van der Waals surface area (Å²) in [5, 5.41) is 11.5. The van der Waals surface area contributed by atoms with E-state index in [0.717, 1.165) is 11.1 Å². The zero-order chi connectivity index (χ0) is 26.9. The number of nitrogens with zero attached hydrogens (tertiary/aromatic N) is 1. The predicted octanol–water partition coefficient (Wildman–Crippen LogP) is 5.73. The van der Waals surface area contributed by atoms with Crippen molar-refractivity contribution in [2.45, 2.75) is 39.8 Å². The van der Waals surface area contributed by atoms with Gasteiger partial charge in [0.2, 0.25) is 0 Å². The summed E-state index contributed by atoms with van der Waals surface area (Å²) in [6, 6.07) is 16.8. The van der Waals surface area contributed by atoms with E-state index < -0.39 is 17.7 Å². The van der Waals surface area contributed by atoms with Gasteiger partial charge in [-0.3, -0.25) is 14.5 Å². The third-order valence-corrected chi connectivity index (χ3v) is 6.42. The van der Waals surface area contributed by atoms with Crippen LogP contribution in [0.3, 0.4) is 0 Å². The van der Waals surface area contributed by atoms with Gasteiger partial charge < -0.3 is 19.3 Å². The first-order chi connectivity index (χ1) is 17.7. The number of carbonyl (C=O) groups is 2. The summed E-state index contributed by atoms with van der Waals surface area (Å²) in [5.41, 5.74) is 3.48. The van der Waals surface area contributed by atoms with E-state index in [1.54, 1.807) is 24.3 Å². The number of Topliss-reactive ketones (excluding diaryl/α,β-unsaturated/α-hetero) is 1. The molecule has 3 aromatic rings. The zero-order valence-electron chi connectivity index (χ0n) is 21.9. The number of rotatable bonds is 7. The molecule has 0 aromatic heterocycles. The van der Waals surface area contributed by atoms with Crippen LogP contribution in [0.5, 0.6) is 17.2 Å². The number of aryl methyl sites for hydroxylation is 2. The number of carbonyl (C=O) groups excluding carboxylic acids is 2. The van der Waals surface area contributed by atoms with Crippen molar-refractivity contribution in [1.82, 2.24) is 0 Å². The number of anilines is 1. The average Bonchev–Trinajstić information content (AvgIpc) is 3.15. The molecular weight excluding hydrogens is 470 g/mol. The molecule has 1 aliphatic rings. The molecule has 0 saturated carbocycles. The summed E-state index contributed by atoms with van der Waals surface area (Å²) in [6.07, 6.45) is -0.0649. The number of hydrogen-bond donors (Lipinski definition) is 1. The molecule has 192 valence electrons. The first kappa shape index (κ1) is 25.8. The quantitative estimate of drug-likeness (QED) is 0.253. The molecule has 0 bridgehead atoms. The lowest BCUT2D eigenvalue weighted by Gasteiger charge is -2.26. The van der Waals surface area contributed by atoms with Crippen LogP contribution in [0.15, 0.2) is 66.2 Å². The fourth-order valence-corrected chi connectivity index (χ4v) is 4.46. The van der Waals surface area contributed by atoms with Gasteiger partial charge in [-0.25, -0.2) is 0 Å². The molecule has 1 unspecified atom stereocenters. The van der Waals surface area contributed by atoms with Crippen LogP contribution in [0.4, 0.5) is 5.69 Å². The molecule has 0 radical (unpaired) electrons. The summed E-state index contributed by atoms with van der Waals surface area (Å²) in [7, 11) is 2.99. The summed E-state index contributed by atoms with van der Waals surface area (Å²) in [6.45, 7) is 7.77. The minimum Gasteiger partial charge on any atom is -0.507 e. The van der Waals surface area contributed by atoms with Gasteiger partial charge in [0, 0.05) is 11.8 Å². The Bertz CT molecular complexity index is 1390. The van der Waals surface area contributed by atoms with E-state index in [4.69, 9.17) is 14.2 Å². The molecule has 1 fully saturated rings. The fraction of sp³-hybridized carbons (Fsp3) is 0.267. The van der Waals surface area contributed by atoms with Gasteiger partial charge in [0.1, 0.15) is 23.0 Å². The number of ketones is 1. The van der Waals surface area contributed by atoms with Gasteiger partial charge in [-0.1, -0.05) is 18.2 Å². The monoisotopic (exact) mass is 501 g/mol. The zero-order valence-corrected chi connectivity index (χ0v) is 21.9. The Morgan fingerprint density at radius 3 is 2.30 bits per heavy atom. The largest absolute Gasteiger partial charge is 0.507 e. The topological polar surface area (TPSA) is 85.3 Å². The van der Waals surface area contributed by atoms with Crippen LogP contribution in [0.25, 0.3) is 5.76 Å². The second-order valence-corrected chi connectivity index (χ2v) is 9.24. The molecular formula is C30H31NO6. The first-order valence-electron chi connectivity index (χ1n) is 12.0. The van der Waals surface area contributed by atoms with Crippen molar-refractivity contribution in [2.24, 2.45) is 0 Å². The third-order valence-electron chi connectivity index (χ3n) is 6.42. The van der Waals surface area contributed by atoms with E-state index in [1.165, 1.54) is 19.1 Å². The van der Waals surface area contributed by atoms with Crippen LogP contribution in [0, 0.1) is 13.8 Å². The van der Waals surface area contributed by atoms with E-state index in [-0.39, 0.29) is 23.0 Å². The second-order valence-electron chi connectivity index (χ2n) is 9.24. The van der Waals surface area contributed by atoms with Crippen molar-refractivity contribution in [3.63, 3.8) is 0 Å². The number of methoxy groups -OCH3 is 2. The molecule has 1 heterocycles. The van der Waals surface area contributed by atoms with Crippen LogP contribution in [0.1, 0.15) is 42.1 Å². The van der Waals surface area contributed by atoms with Crippen molar-refractivity contribution in [2.75, 3.05) is 19.1 Å². The smallest absolute Gasteiger partial charge is 0.300 e. The Labute approximate surface area is 216 Å². The first-order valence-corrected chi connectivity index (χ1v) is 12.0. The summed E-state index contributed by atoms with van der Waals surface area (Å²) in [4.78, 5) is 28.5. The highest BCUT2D eigenvalue weighted by Crippen LogP contribution is 2.44. The summed E-state index contributed by atoms with van der Waals surface area (Å²) in [5.74, 6) is -0.403. The van der Waals surface area contributed by atoms with Crippen molar-refractivity contribution in [3.8, 4) is 17.2 Å². The number of aliphatic hydroxyl groups is 1. The van der Waals surface area contributed by atoms with E-state index in [9.17, 15) is 14.7 Å². The third kappa shape index (κ3) is 4.89. The lowest BCUT2D eigenvalue weighted by Crippen LogP contribution is -2.29.